The van der Waals surface area contributed by atoms with Gasteiger partial charge < -0.3 is 5.32 Å². The smallest absolute Gasteiger partial charge is 0.0570 e. The molecule has 3 aromatic rings. The van der Waals surface area contributed by atoms with Crippen molar-refractivity contribution >= 4 is 43.2 Å². The van der Waals surface area contributed by atoms with E-state index in [9.17, 15) is 0 Å². The second-order valence-corrected chi connectivity index (χ2v) is 5.77. The fourth-order valence-electron chi connectivity index (χ4n) is 1.85. The molecule has 4 heteroatoms. The zero-order valence-electron chi connectivity index (χ0n) is 9.56. The minimum Gasteiger partial charge on any atom is -0.380 e. The second kappa shape index (κ2) is 5.08. The minimum atomic E-state index is 0.822. The number of fused-ring (bicyclic) bond motifs is 1. The van der Waals surface area contributed by atoms with Crippen LogP contribution in [-0.2, 0) is 6.54 Å². The first-order valence-electron chi connectivity index (χ1n) is 5.65. The third-order valence-electron chi connectivity index (χ3n) is 2.80. The summed E-state index contributed by atoms with van der Waals surface area (Å²) in [6.07, 6.45) is 1.92. The molecule has 0 aliphatic rings. The molecule has 18 heavy (non-hydrogen) atoms. The molecule has 1 N–H and O–H groups in total. The molecule has 3 rings (SSSR count). The molecule has 2 nitrogen and oxygen atoms in total. The van der Waals surface area contributed by atoms with Crippen molar-refractivity contribution < 1.29 is 0 Å². The van der Waals surface area contributed by atoms with Crippen LogP contribution < -0.4 is 5.32 Å². The van der Waals surface area contributed by atoms with E-state index in [1.807, 2.05) is 6.20 Å². The zero-order valence-corrected chi connectivity index (χ0v) is 12.0. The quantitative estimate of drug-likeness (QED) is 0.759. The first kappa shape index (κ1) is 11.7. The van der Waals surface area contributed by atoms with E-state index in [1.54, 1.807) is 0 Å². The Kier molecular flexibility index (Phi) is 3.30. The zero-order chi connectivity index (χ0) is 12.4. The van der Waals surface area contributed by atoms with Crippen molar-refractivity contribution in [3.63, 3.8) is 0 Å². The molecular formula is C14H11BrN2S. The Labute approximate surface area is 118 Å². The summed E-state index contributed by atoms with van der Waals surface area (Å²) in [5.41, 5.74) is 2.41. The molecule has 90 valence electrons. The number of aromatic nitrogens is 1. The molecule has 0 aliphatic heterocycles. The monoisotopic (exact) mass is 318 g/mol. The highest BCUT2D eigenvalue weighted by molar-refractivity contribution is 9.10. The summed E-state index contributed by atoms with van der Waals surface area (Å²) in [6, 6.07) is 14.6. The van der Waals surface area contributed by atoms with Crippen LogP contribution >= 0.6 is 27.5 Å². The number of nitrogens with zero attached hydrogens (tertiary/aromatic N) is 1. The van der Waals surface area contributed by atoms with E-state index in [4.69, 9.17) is 0 Å². The van der Waals surface area contributed by atoms with Gasteiger partial charge in [0.15, 0.2) is 0 Å². The summed E-state index contributed by atoms with van der Waals surface area (Å²) in [4.78, 5) is 0. The number of halogens is 1. The van der Waals surface area contributed by atoms with Crippen LogP contribution in [0.3, 0.4) is 0 Å². The van der Waals surface area contributed by atoms with Gasteiger partial charge in [-0.05, 0) is 41.4 Å². The molecule has 0 spiro atoms. The first-order chi connectivity index (χ1) is 8.83. The number of anilines is 1. The molecule has 0 fully saturated rings. The van der Waals surface area contributed by atoms with Gasteiger partial charge in [-0.3, -0.25) is 0 Å². The van der Waals surface area contributed by atoms with E-state index in [0.717, 1.165) is 16.7 Å². The molecule has 1 heterocycles. The van der Waals surface area contributed by atoms with Crippen molar-refractivity contribution in [2.24, 2.45) is 0 Å². The highest BCUT2D eigenvalue weighted by Crippen LogP contribution is 2.26. The SMILES string of the molecule is Brc1ccc(CNc2cccc3sncc23)cc1. The van der Waals surface area contributed by atoms with Gasteiger partial charge in [0.2, 0.25) is 0 Å². The maximum absolute atomic E-state index is 4.22. The van der Waals surface area contributed by atoms with Crippen LogP contribution in [0.1, 0.15) is 5.56 Å². The Morgan fingerprint density at radius 2 is 1.94 bits per heavy atom. The van der Waals surface area contributed by atoms with Crippen molar-refractivity contribution in [1.82, 2.24) is 4.37 Å². The summed E-state index contributed by atoms with van der Waals surface area (Å²) in [7, 11) is 0. The van der Waals surface area contributed by atoms with E-state index in [-0.39, 0.29) is 0 Å². The number of benzene rings is 2. The van der Waals surface area contributed by atoms with Crippen LogP contribution in [-0.4, -0.2) is 4.37 Å². The lowest BCUT2D eigenvalue weighted by molar-refractivity contribution is 1.15. The van der Waals surface area contributed by atoms with Crippen LogP contribution in [0.25, 0.3) is 10.1 Å². The van der Waals surface area contributed by atoms with E-state index in [1.165, 1.54) is 27.2 Å². The number of nitrogens with one attached hydrogen (secondary N) is 1. The van der Waals surface area contributed by atoms with Crippen molar-refractivity contribution in [3.05, 3.63) is 58.7 Å². The lowest BCUT2D eigenvalue weighted by Crippen LogP contribution is -1.99. The van der Waals surface area contributed by atoms with Crippen LogP contribution in [0, 0.1) is 0 Å². The van der Waals surface area contributed by atoms with Crippen LogP contribution in [0.15, 0.2) is 53.1 Å². The number of hydrogen-bond donors (Lipinski definition) is 1. The summed E-state index contributed by atoms with van der Waals surface area (Å²) in [5.74, 6) is 0. The van der Waals surface area contributed by atoms with Gasteiger partial charge in [-0.25, -0.2) is 0 Å². The molecular weight excluding hydrogens is 308 g/mol. The van der Waals surface area contributed by atoms with Crippen LogP contribution in [0.4, 0.5) is 5.69 Å². The van der Waals surface area contributed by atoms with Crippen molar-refractivity contribution in [2.75, 3.05) is 5.32 Å². The van der Waals surface area contributed by atoms with E-state index >= 15 is 0 Å². The number of rotatable bonds is 3. The topological polar surface area (TPSA) is 24.9 Å². The molecule has 0 aliphatic carbocycles. The number of hydrogen-bond acceptors (Lipinski definition) is 3. The Bertz CT molecular complexity index is 661. The lowest BCUT2D eigenvalue weighted by atomic mass is 10.2. The average Bonchev–Trinajstić information content (AvgIpc) is 2.87. The predicted octanol–water partition coefficient (Wildman–Crippen LogP) is 4.67. The van der Waals surface area contributed by atoms with Gasteiger partial charge in [0.25, 0.3) is 0 Å². The fraction of sp³-hybridized carbons (Fsp3) is 0.0714. The standard InChI is InChI=1S/C14H11BrN2S/c15-11-6-4-10(5-7-11)8-16-13-2-1-3-14-12(13)9-17-18-14/h1-7,9,16H,8H2. The normalized spacial score (nSPS) is 10.7. The van der Waals surface area contributed by atoms with Crippen molar-refractivity contribution in [2.45, 2.75) is 6.54 Å². The maximum atomic E-state index is 4.22. The van der Waals surface area contributed by atoms with Gasteiger partial charge in [-0.2, -0.15) is 4.37 Å². The van der Waals surface area contributed by atoms with Crippen molar-refractivity contribution in [1.29, 1.82) is 0 Å². The van der Waals surface area contributed by atoms with Gasteiger partial charge >= 0.3 is 0 Å². The fourth-order valence-corrected chi connectivity index (χ4v) is 2.78. The maximum Gasteiger partial charge on any atom is 0.0570 e. The van der Waals surface area contributed by atoms with E-state index in [0.29, 0.717) is 0 Å². The molecule has 0 unspecified atom stereocenters. The molecule has 0 saturated heterocycles. The average molecular weight is 319 g/mol. The summed E-state index contributed by atoms with van der Waals surface area (Å²) >= 11 is 4.97. The van der Waals surface area contributed by atoms with E-state index in [2.05, 4.69) is 68.1 Å². The summed E-state index contributed by atoms with van der Waals surface area (Å²) in [5, 5.41) is 4.65. The second-order valence-electron chi connectivity index (χ2n) is 4.02. The summed E-state index contributed by atoms with van der Waals surface area (Å²) < 4.78 is 6.55. The predicted molar refractivity (Wildman–Crippen MR) is 81.1 cm³/mol. The van der Waals surface area contributed by atoms with Gasteiger partial charge in [-0.1, -0.05) is 34.1 Å². The Morgan fingerprint density at radius 3 is 2.78 bits per heavy atom. The highest BCUT2D eigenvalue weighted by Gasteiger charge is 2.02. The van der Waals surface area contributed by atoms with Gasteiger partial charge in [0.1, 0.15) is 0 Å². The largest absolute Gasteiger partial charge is 0.380 e. The third-order valence-corrected chi connectivity index (χ3v) is 4.09. The molecule has 2 aromatic carbocycles. The van der Waals surface area contributed by atoms with Gasteiger partial charge in [0, 0.05) is 22.1 Å². The van der Waals surface area contributed by atoms with Crippen molar-refractivity contribution in [3.8, 4) is 0 Å². The minimum absolute atomic E-state index is 0.822. The molecule has 0 amide bonds. The molecule has 0 radical (unpaired) electrons. The lowest BCUT2D eigenvalue weighted by Gasteiger charge is -2.07. The molecule has 1 aromatic heterocycles. The van der Waals surface area contributed by atoms with Crippen LogP contribution in [0.5, 0.6) is 0 Å². The highest BCUT2D eigenvalue weighted by atomic mass is 79.9. The Hall–Kier alpha value is -1.39. The van der Waals surface area contributed by atoms with Crippen LogP contribution in [0.2, 0.25) is 0 Å². The third kappa shape index (κ3) is 2.40. The summed E-state index contributed by atoms with van der Waals surface area (Å²) in [6.45, 7) is 0.822. The molecule has 0 saturated carbocycles. The van der Waals surface area contributed by atoms with E-state index < -0.39 is 0 Å². The molecule has 0 atom stereocenters. The Morgan fingerprint density at radius 1 is 1.11 bits per heavy atom. The van der Waals surface area contributed by atoms with Gasteiger partial charge in [-0.15, -0.1) is 0 Å². The first-order valence-corrected chi connectivity index (χ1v) is 7.21. The molecule has 0 bridgehead atoms. The Balaban J connectivity index is 1.80. The van der Waals surface area contributed by atoms with Gasteiger partial charge in [0.05, 0.1) is 10.9 Å².